The molecule has 1 spiro atoms. The molecule has 1 saturated carbocycles. The van der Waals surface area contributed by atoms with Gasteiger partial charge in [-0.2, -0.15) is 0 Å². The molecule has 1 aliphatic heterocycles. The third-order valence-corrected chi connectivity index (χ3v) is 15.2. The second kappa shape index (κ2) is 10.7. The Morgan fingerprint density at radius 3 is 1.87 bits per heavy atom. The van der Waals surface area contributed by atoms with E-state index in [0.717, 1.165) is 44.1 Å². The second-order valence-electron chi connectivity index (χ2n) is 13.3. The molecule has 4 nitrogen and oxygen atoms in total. The number of benzene rings is 2. The SMILES string of the molecule is CC1=CC(C)(C2(CCO[Si](c3ccccc3)(c3ccccc3)C(C)(C)C)CCC3(CC2)OCCO3)CCC1=O. The van der Waals surface area contributed by atoms with Gasteiger partial charge in [0.15, 0.2) is 11.6 Å². The molecule has 2 aromatic carbocycles. The molecular weight excluding hydrogens is 500 g/mol. The van der Waals surface area contributed by atoms with Crippen molar-refractivity contribution in [3.05, 3.63) is 72.3 Å². The lowest BCUT2D eigenvalue weighted by molar-refractivity contribution is -0.202. The van der Waals surface area contributed by atoms with Crippen molar-refractivity contribution in [3.8, 4) is 0 Å². The highest BCUT2D eigenvalue weighted by Crippen LogP contribution is 2.59. The highest BCUT2D eigenvalue weighted by Gasteiger charge is 2.55. The van der Waals surface area contributed by atoms with E-state index in [2.05, 4.69) is 94.4 Å². The molecule has 0 N–H and O–H groups in total. The summed E-state index contributed by atoms with van der Waals surface area (Å²) in [5.74, 6) is -0.122. The minimum Gasteiger partial charge on any atom is -0.407 e. The van der Waals surface area contributed by atoms with E-state index in [1.54, 1.807) is 0 Å². The lowest BCUT2D eigenvalue weighted by Crippen LogP contribution is -2.66. The number of carbonyl (C=O) groups is 1. The van der Waals surface area contributed by atoms with Crippen molar-refractivity contribution >= 4 is 24.5 Å². The van der Waals surface area contributed by atoms with Crippen LogP contribution in [0.1, 0.15) is 79.6 Å². The maximum atomic E-state index is 12.5. The van der Waals surface area contributed by atoms with Gasteiger partial charge in [0.1, 0.15) is 0 Å². The molecule has 2 aliphatic carbocycles. The van der Waals surface area contributed by atoms with Crippen molar-refractivity contribution in [3.63, 3.8) is 0 Å². The maximum Gasteiger partial charge on any atom is 0.261 e. The Labute approximate surface area is 236 Å². The van der Waals surface area contributed by atoms with Gasteiger partial charge in [0.2, 0.25) is 0 Å². The fourth-order valence-electron chi connectivity index (χ4n) is 7.78. The van der Waals surface area contributed by atoms with E-state index < -0.39 is 14.1 Å². The van der Waals surface area contributed by atoms with Crippen molar-refractivity contribution in [2.24, 2.45) is 10.8 Å². The fourth-order valence-corrected chi connectivity index (χ4v) is 12.3. The van der Waals surface area contributed by atoms with Crippen molar-refractivity contribution < 1.29 is 18.7 Å². The van der Waals surface area contributed by atoms with Gasteiger partial charge in [-0.3, -0.25) is 4.79 Å². The van der Waals surface area contributed by atoms with Gasteiger partial charge in [0, 0.05) is 25.9 Å². The minimum absolute atomic E-state index is 0.0287. The Hall–Kier alpha value is -2.05. The highest BCUT2D eigenvalue weighted by atomic mass is 28.4. The summed E-state index contributed by atoms with van der Waals surface area (Å²) in [5.41, 5.74) is 0.894. The van der Waals surface area contributed by atoms with Crippen molar-refractivity contribution in [2.75, 3.05) is 19.8 Å². The van der Waals surface area contributed by atoms with E-state index >= 15 is 0 Å². The minimum atomic E-state index is -2.62. The van der Waals surface area contributed by atoms with Crippen LogP contribution in [0.25, 0.3) is 0 Å². The molecule has 0 bridgehead atoms. The number of ketones is 1. The fraction of sp³-hybridized carbons (Fsp3) is 0.559. The Morgan fingerprint density at radius 1 is 0.846 bits per heavy atom. The number of hydrogen-bond donors (Lipinski definition) is 0. The van der Waals surface area contributed by atoms with Gasteiger partial charge in [-0.25, -0.2) is 0 Å². The zero-order valence-electron chi connectivity index (χ0n) is 24.6. The second-order valence-corrected chi connectivity index (χ2v) is 17.6. The molecule has 39 heavy (non-hydrogen) atoms. The smallest absolute Gasteiger partial charge is 0.261 e. The zero-order chi connectivity index (χ0) is 27.8. The number of carbonyl (C=O) groups excluding carboxylic acids is 1. The average Bonchev–Trinajstić information content (AvgIpc) is 3.39. The number of Topliss-reactive ketones (excluding diaryl/α,β-unsaturated/α-hetero) is 1. The van der Waals surface area contributed by atoms with E-state index in [1.807, 2.05) is 6.92 Å². The van der Waals surface area contributed by atoms with Crippen LogP contribution < -0.4 is 10.4 Å². The summed E-state index contributed by atoms with van der Waals surface area (Å²) in [6.45, 7) is 13.5. The third-order valence-electron chi connectivity index (χ3n) is 10.2. The summed E-state index contributed by atoms with van der Waals surface area (Å²) >= 11 is 0. The van der Waals surface area contributed by atoms with E-state index in [4.69, 9.17) is 13.9 Å². The molecule has 1 saturated heterocycles. The predicted molar refractivity (Wildman–Crippen MR) is 160 cm³/mol. The Kier molecular flexibility index (Phi) is 7.84. The summed E-state index contributed by atoms with van der Waals surface area (Å²) in [7, 11) is -2.62. The lowest BCUT2D eigenvalue weighted by atomic mass is 9.52. The molecule has 5 rings (SSSR count). The molecule has 1 unspecified atom stereocenters. The first-order chi connectivity index (χ1) is 18.6. The molecule has 0 amide bonds. The van der Waals surface area contributed by atoms with Crippen LogP contribution >= 0.6 is 0 Å². The van der Waals surface area contributed by atoms with E-state index in [9.17, 15) is 4.79 Å². The summed E-state index contributed by atoms with van der Waals surface area (Å²) in [6.07, 6.45) is 8.64. The van der Waals surface area contributed by atoms with E-state index in [1.165, 1.54) is 10.4 Å². The Bertz CT molecular complexity index is 1130. The Morgan fingerprint density at radius 2 is 1.38 bits per heavy atom. The number of allylic oxidation sites excluding steroid dienone is 2. The predicted octanol–water partition coefficient (Wildman–Crippen LogP) is 6.57. The highest BCUT2D eigenvalue weighted by molar-refractivity contribution is 6.99. The van der Waals surface area contributed by atoms with E-state index in [0.29, 0.717) is 32.0 Å². The van der Waals surface area contributed by atoms with Gasteiger partial charge in [-0.15, -0.1) is 0 Å². The van der Waals surface area contributed by atoms with Crippen molar-refractivity contribution in [1.29, 1.82) is 0 Å². The Balaban J connectivity index is 1.49. The van der Waals surface area contributed by atoms with Gasteiger partial charge >= 0.3 is 0 Å². The van der Waals surface area contributed by atoms with Crippen LogP contribution in [-0.2, 0) is 18.7 Å². The van der Waals surface area contributed by atoms with Gasteiger partial charge in [-0.1, -0.05) is 94.4 Å². The van der Waals surface area contributed by atoms with Crippen LogP contribution in [0.2, 0.25) is 5.04 Å². The van der Waals surface area contributed by atoms with Gasteiger partial charge in [0.25, 0.3) is 8.32 Å². The first-order valence-electron chi connectivity index (χ1n) is 14.8. The summed E-state index contributed by atoms with van der Waals surface area (Å²) in [6, 6.07) is 21.8. The van der Waals surface area contributed by atoms with Crippen LogP contribution in [0, 0.1) is 10.8 Å². The third kappa shape index (κ3) is 5.12. The topological polar surface area (TPSA) is 44.8 Å². The monoisotopic (exact) mass is 546 g/mol. The van der Waals surface area contributed by atoms with Crippen LogP contribution in [0.3, 0.4) is 0 Å². The molecule has 3 aliphatic rings. The maximum absolute atomic E-state index is 12.5. The van der Waals surface area contributed by atoms with Gasteiger partial charge < -0.3 is 13.9 Å². The molecular formula is C34H46O4Si. The summed E-state index contributed by atoms with van der Waals surface area (Å²) < 4.78 is 19.7. The largest absolute Gasteiger partial charge is 0.407 e. The zero-order valence-corrected chi connectivity index (χ0v) is 25.6. The van der Waals surface area contributed by atoms with Crippen LogP contribution in [0.5, 0.6) is 0 Å². The average molecular weight is 547 g/mol. The summed E-state index contributed by atoms with van der Waals surface area (Å²) in [5, 5.41) is 2.58. The van der Waals surface area contributed by atoms with Crippen molar-refractivity contribution in [1.82, 2.24) is 0 Å². The molecule has 5 heteroatoms. The number of ether oxygens (including phenoxy) is 2. The molecule has 1 heterocycles. The normalized spacial score (nSPS) is 25.1. The molecule has 210 valence electrons. The molecule has 0 aromatic heterocycles. The van der Waals surface area contributed by atoms with Crippen LogP contribution in [0.15, 0.2) is 72.3 Å². The first kappa shape index (κ1) is 28.5. The van der Waals surface area contributed by atoms with Crippen LogP contribution in [-0.4, -0.2) is 39.7 Å². The lowest BCUT2D eigenvalue weighted by Gasteiger charge is -2.54. The van der Waals surface area contributed by atoms with E-state index in [-0.39, 0.29) is 15.9 Å². The first-order valence-corrected chi connectivity index (χ1v) is 16.7. The van der Waals surface area contributed by atoms with Crippen molar-refractivity contribution in [2.45, 2.75) is 90.4 Å². The van der Waals surface area contributed by atoms with Gasteiger partial charge in [-0.05, 0) is 64.4 Å². The molecule has 1 atom stereocenters. The standard InChI is InChI=1S/C34H46O4Si/c1-27-26-32(5,17-16-30(27)35)33(18-20-34(21-19-33)36-24-25-37-34)22-23-38-39(31(2,3)4,28-12-8-6-9-13-28)29-14-10-7-11-15-29/h6-15,26H,16-25H2,1-5H3. The van der Waals surface area contributed by atoms with Gasteiger partial charge in [0.05, 0.1) is 13.2 Å². The quantitative estimate of drug-likeness (QED) is 0.369. The van der Waals surface area contributed by atoms with Crippen LogP contribution in [0.4, 0.5) is 0 Å². The number of hydrogen-bond acceptors (Lipinski definition) is 4. The molecule has 2 fully saturated rings. The number of rotatable bonds is 7. The molecule has 2 aromatic rings. The summed E-state index contributed by atoms with van der Waals surface area (Å²) in [4.78, 5) is 12.5. The molecule has 0 radical (unpaired) electrons.